The topological polar surface area (TPSA) is 108 Å². The SMILES string of the molecule is CCN(CC)S(=O)(=O)c1cccc(NC(=O)CNC(=O)NCc2ccccc2)c1. The Morgan fingerprint density at radius 2 is 1.62 bits per heavy atom. The van der Waals surface area contributed by atoms with Crippen molar-refractivity contribution < 1.29 is 18.0 Å². The maximum absolute atomic E-state index is 12.6. The molecule has 0 aliphatic carbocycles. The molecule has 0 saturated heterocycles. The summed E-state index contributed by atoms with van der Waals surface area (Å²) in [5, 5.41) is 7.72. The average molecular weight is 419 g/mol. The Morgan fingerprint density at radius 1 is 0.931 bits per heavy atom. The van der Waals surface area contributed by atoms with Crippen molar-refractivity contribution >= 4 is 27.6 Å². The molecule has 29 heavy (non-hydrogen) atoms. The highest BCUT2D eigenvalue weighted by Gasteiger charge is 2.21. The first-order chi connectivity index (χ1) is 13.9. The van der Waals surface area contributed by atoms with Gasteiger partial charge in [0.2, 0.25) is 15.9 Å². The summed E-state index contributed by atoms with van der Waals surface area (Å²) in [5.74, 6) is -0.461. The van der Waals surface area contributed by atoms with Crippen LogP contribution in [0.1, 0.15) is 19.4 Å². The Labute approximate surface area is 171 Å². The monoisotopic (exact) mass is 418 g/mol. The Kier molecular flexibility index (Phi) is 8.17. The zero-order valence-electron chi connectivity index (χ0n) is 16.5. The van der Waals surface area contributed by atoms with Crippen LogP contribution in [0, 0.1) is 0 Å². The van der Waals surface area contributed by atoms with Crippen LogP contribution < -0.4 is 16.0 Å². The second kappa shape index (κ2) is 10.6. The standard InChI is InChI=1S/C20H26N4O4S/c1-3-24(4-2)29(27,28)18-12-8-11-17(13-18)23-19(25)15-22-20(26)21-14-16-9-6-5-7-10-16/h5-13H,3-4,14-15H2,1-2H3,(H,23,25)(H2,21,22,26). The molecule has 0 spiro atoms. The largest absolute Gasteiger partial charge is 0.334 e. The minimum absolute atomic E-state index is 0.104. The minimum Gasteiger partial charge on any atom is -0.334 e. The van der Waals surface area contributed by atoms with Crippen LogP contribution in [0.4, 0.5) is 10.5 Å². The van der Waals surface area contributed by atoms with E-state index in [1.165, 1.54) is 16.4 Å². The van der Waals surface area contributed by atoms with Crippen molar-refractivity contribution in [2.24, 2.45) is 0 Å². The molecule has 3 N–H and O–H groups in total. The molecule has 3 amide bonds. The Morgan fingerprint density at radius 3 is 2.28 bits per heavy atom. The molecular formula is C20H26N4O4S. The van der Waals surface area contributed by atoms with E-state index in [4.69, 9.17) is 0 Å². The predicted molar refractivity (Wildman–Crippen MR) is 112 cm³/mol. The third-order valence-corrected chi connectivity index (χ3v) is 6.21. The third-order valence-electron chi connectivity index (χ3n) is 4.17. The summed E-state index contributed by atoms with van der Waals surface area (Å²) in [6.07, 6.45) is 0. The van der Waals surface area contributed by atoms with Crippen LogP contribution in [0.3, 0.4) is 0 Å². The number of nitrogens with one attached hydrogen (secondary N) is 3. The van der Waals surface area contributed by atoms with E-state index >= 15 is 0 Å². The number of carbonyl (C=O) groups excluding carboxylic acids is 2. The van der Waals surface area contributed by atoms with E-state index in [-0.39, 0.29) is 11.4 Å². The minimum atomic E-state index is -3.62. The van der Waals surface area contributed by atoms with Gasteiger partial charge >= 0.3 is 6.03 Å². The van der Waals surface area contributed by atoms with Gasteiger partial charge in [-0.1, -0.05) is 50.2 Å². The molecule has 0 radical (unpaired) electrons. The van der Waals surface area contributed by atoms with Crippen LogP contribution >= 0.6 is 0 Å². The van der Waals surface area contributed by atoms with Crippen molar-refractivity contribution in [2.75, 3.05) is 25.0 Å². The maximum atomic E-state index is 12.6. The average Bonchev–Trinajstić information content (AvgIpc) is 2.72. The fraction of sp³-hybridized carbons (Fsp3) is 0.300. The molecule has 0 aliphatic heterocycles. The number of amides is 3. The first-order valence-electron chi connectivity index (χ1n) is 9.32. The lowest BCUT2D eigenvalue weighted by molar-refractivity contribution is -0.115. The lowest BCUT2D eigenvalue weighted by Gasteiger charge is -2.18. The van der Waals surface area contributed by atoms with Crippen molar-refractivity contribution in [2.45, 2.75) is 25.3 Å². The van der Waals surface area contributed by atoms with Gasteiger partial charge in [-0.25, -0.2) is 13.2 Å². The molecule has 0 unspecified atom stereocenters. The molecule has 2 rings (SSSR count). The molecule has 0 atom stereocenters. The molecule has 2 aromatic rings. The quantitative estimate of drug-likeness (QED) is 0.580. The molecule has 0 heterocycles. The van der Waals surface area contributed by atoms with Gasteiger partial charge < -0.3 is 16.0 Å². The summed E-state index contributed by atoms with van der Waals surface area (Å²) in [6.45, 7) is 4.35. The number of benzene rings is 2. The summed E-state index contributed by atoms with van der Waals surface area (Å²) in [5.41, 5.74) is 1.29. The lowest BCUT2D eigenvalue weighted by atomic mass is 10.2. The molecule has 0 aliphatic rings. The van der Waals surface area contributed by atoms with Gasteiger partial charge in [0.15, 0.2) is 0 Å². The summed E-state index contributed by atoms with van der Waals surface area (Å²) in [6, 6.07) is 15.0. The Hall–Kier alpha value is -2.91. The number of anilines is 1. The van der Waals surface area contributed by atoms with E-state index in [1.807, 2.05) is 30.3 Å². The molecule has 0 bridgehead atoms. The second-order valence-corrected chi connectivity index (χ2v) is 8.13. The van der Waals surface area contributed by atoms with Gasteiger partial charge in [0.25, 0.3) is 0 Å². The van der Waals surface area contributed by atoms with E-state index in [9.17, 15) is 18.0 Å². The number of hydrogen-bond donors (Lipinski definition) is 3. The summed E-state index contributed by atoms with van der Waals surface area (Å²) in [4.78, 5) is 24.0. The van der Waals surface area contributed by atoms with Crippen molar-refractivity contribution in [3.8, 4) is 0 Å². The molecule has 0 saturated carbocycles. The molecular weight excluding hydrogens is 392 g/mol. The maximum Gasteiger partial charge on any atom is 0.315 e. The van der Waals surface area contributed by atoms with Gasteiger partial charge in [0.05, 0.1) is 11.4 Å². The number of nitrogens with zero attached hydrogens (tertiary/aromatic N) is 1. The number of sulfonamides is 1. The van der Waals surface area contributed by atoms with Crippen molar-refractivity contribution in [3.63, 3.8) is 0 Å². The van der Waals surface area contributed by atoms with Crippen LogP contribution in [0.2, 0.25) is 0 Å². The molecule has 156 valence electrons. The summed E-state index contributed by atoms with van der Waals surface area (Å²) >= 11 is 0. The zero-order valence-corrected chi connectivity index (χ0v) is 17.3. The van der Waals surface area contributed by atoms with Crippen molar-refractivity contribution in [1.29, 1.82) is 0 Å². The lowest BCUT2D eigenvalue weighted by Crippen LogP contribution is -2.39. The number of carbonyl (C=O) groups is 2. The Balaban J connectivity index is 1.88. The van der Waals surface area contributed by atoms with Crippen LogP contribution in [-0.4, -0.2) is 44.3 Å². The molecule has 0 fully saturated rings. The first-order valence-corrected chi connectivity index (χ1v) is 10.8. The van der Waals surface area contributed by atoms with Gasteiger partial charge in [-0.15, -0.1) is 0 Å². The highest BCUT2D eigenvalue weighted by molar-refractivity contribution is 7.89. The Bertz CT molecular complexity index is 929. The molecule has 8 nitrogen and oxygen atoms in total. The first kappa shape index (κ1) is 22.4. The van der Waals surface area contributed by atoms with Crippen LogP contribution in [0.5, 0.6) is 0 Å². The van der Waals surface area contributed by atoms with Crippen LogP contribution in [0.25, 0.3) is 0 Å². The number of hydrogen-bond acceptors (Lipinski definition) is 4. The molecule has 2 aromatic carbocycles. The fourth-order valence-electron chi connectivity index (χ4n) is 2.65. The zero-order chi connectivity index (χ0) is 21.3. The van der Waals surface area contributed by atoms with Crippen LogP contribution in [0.15, 0.2) is 59.5 Å². The van der Waals surface area contributed by atoms with Gasteiger partial charge in [-0.05, 0) is 23.8 Å². The predicted octanol–water partition coefficient (Wildman–Crippen LogP) is 2.16. The van der Waals surface area contributed by atoms with Gasteiger partial charge in [-0.3, -0.25) is 4.79 Å². The number of urea groups is 1. The molecule has 0 aromatic heterocycles. The van der Waals surface area contributed by atoms with E-state index < -0.39 is 22.0 Å². The van der Waals surface area contributed by atoms with E-state index in [2.05, 4.69) is 16.0 Å². The van der Waals surface area contributed by atoms with Gasteiger partial charge in [-0.2, -0.15) is 4.31 Å². The van der Waals surface area contributed by atoms with Crippen molar-refractivity contribution in [1.82, 2.24) is 14.9 Å². The second-order valence-electron chi connectivity index (χ2n) is 6.19. The van der Waals surface area contributed by atoms with Crippen molar-refractivity contribution in [3.05, 3.63) is 60.2 Å². The number of rotatable bonds is 9. The molecule has 9 heteroatoms. The normalized spacial score (nSPS) is 11.1. The van der Waals surface area contributed by atoms with Gasteiger partial charge in [0, 0.05) is 25.3 Å². The van der Waals surface area contributed by atoms with Crippen LogP contribution in [-0.2, 0) is 21.4 Å². The van der Waals surface area contributed by atoms with E-state index in [0.29, 0.717) is 25.3 Å². The van der Waals surface area contributed by atoms with E-state index in [0.717, 1.165) is 5.56 Å². The highest BCUT2D eigenvalue weighted by atomic mass is 32.2. The summed E-state index contributed by atoms with van der Waals surface area (Å²) in [7, 11) is -3.62. The highest BCUT2D eigenvalue weighted by Crippen LogP contribution is 2.19. The van der Waals surface area contributed by atoms with Gasteiger partial charge in [0.1, 0.15) is 0 Å². The smallest absolute Gasteiger partial charge is 0.315 e. The fourth-order valence-corrected chi connectivity index (χ4v) is 4.16. The van der Waals surface area contributed by atoms with E-state index in [1.54, 1.807) is 26.0 Å². The third kappa shape index (κ3) is 6.58. The summed E-state index contributed by atoms with van der Waals surface area (Å²) < 4.78 is 26.5.